The fourth-order valence-electron chi connectivity index (χ4n) is 3.29. The monoisotopic (exact) mass is 372 g/mol. The summed E-state index contributed by atoms with van der Waals surface area (Å²) >= 11 is 0. The van der Waals surface area contributed by atoms with Crippen LogP contribution in [-0.4, -0.2) is 23.8 Å². The Kier molecular flexibility index (Phi) is 6.99. The van der Waals surface area contributed by atoms with Gasteiger partial charge in [-0.1, -0.05) is 86.6 Å². The molecule has 0 unspecified atom stereocenters. The Morgan fingerprint density at radius 2 is 1.39 bits per heavy atom. The van der Waals surface area contributed by atoms with Crippen LogP contribution in [-0.2, 0) is 6.54 Å². The van der Waals surface area contributed by atoms with Crippen LogP contribution in [0, 0.1) is 0 Å². The number of Topliss-reactive ketones (excluding diaryl/α,β-unsaturated/α-hetero) is 1. The van der Waals surface area contributed by atoms with Gasteiger partial charge in [-0.3, -0.25) is 9.69 Å². The first kappa shape index (κ1) is 19.8. The second-order valence-electron chi connectivity index (χ2n) is 6.88. The van der Waals surface area contributed by atoms with Crippen molar-refractivity contribution in [3.63, 3.8) is 0 Å². The second-order valence-corrected chi connectivity index (χ2v) is 6.88. The predicted octanol–water partition coefficient (Wildman–Crippen LogP) is 5.56. The van der Waals surface area contributed by atoms with Crippen molar-refractivity contribution >= 4 is 11.5 Å². The van der Waals surface area contributed by atoms with Crippen molar-refractivity contribution in [2.45, 2.75) is 26.4 Å². The molecule has 3 nitrogen and oxygen atoms in total. The van der Waals surface area contributed by atoms with Crippen LogP contribution in [0.4, 0.5) is 5.69 Å². The lowest BCUT2D eigenvalue weighted by atomic mass is 9.97. The maximum Gasteiger partial charge on any atom is 0.189 e. The van der Waals surface area contributed by atoms with Crippen molar-refractivity contribution in [2.24, 2.45) is 0 Å². The molecule has 0 saturated heterocycles. The first-order valence-corrected chi connectivity index (χ1v) is 9.93. The molecule has 3 aromatic carbocycles. The molecule has 3 aromatic rings. The van der Waals surface area contributed by atoms with Crippen molar-refractivity contribution < 1.29 is 4.79 Å². The Labute approximate surface area is 168 Å². The number of rotatable bonds is 9. The Hall–Kier alpha value is -2.91. The zero-order valence-electron chi connectivity index (χ0n) is 16.6. The summed E-state index contributed by atoms with van der Waals surface area (Å²) in [6, 6.07) is 27.3. The van der Waals surface area contributed by atoms with E-state index in [0.717, 1.165) is 30.9 Å². The highest BCUT2D eigenvalue weighted by Gasteiger charge is 2.21. The van der Waals surface area contributed by atoms with Gasteiger partial charge in [-0.25, -0.2) is 0 Å². The number of carbonyl (C=O) groups is 1. The van der Waals surface area contributed by atoms with Gasteiger partial charge in [0.1, 0.15) is 6.04 Å². The van der Waals surface area contributed by atoms with E-state index in [4.69, 9.17) is 0 Å². The normalized spacial score (nSPS) is 12.0. The highest BCUT2D eigenvalue weighted by Crippen LogP contribution is 2.24. The van der Waals surface area contributed by atoms with Gasteiger partial charge in [0.25, 0.3) is 0 Å². The van der Waals surface area contributed by atoms with Gasteiger partial charge in [0, 0.05) is 17.8 Å². The molecule has 0 fully saturated rings. The van der Waals surface area contributed by atoms with Crippen LogP contribution in [0.2, 0.25) is 0 Å². The highest BCUT2D eigenvalue weighted by atomic mass is 16.1. The van der Waals surface area contributed by atoms with Gasteiger partial charge in [-0.15, -0.1) is 0 Å². The summed E-state index contributed by atoms with van der Waals surface area (Å²) in [6.07, 6.45) is 0. The van der Waals surface area contributed by atoms with Crippen LogP contribution in [0.3, 0.4) is 0 Å². The number of benzene rings is 3. The first-order valence-electron chi connectivity index (χ1n) is 9.93. The Bertz CT molecular complexity index is 856. The number of nitrogens with one attached hydrogen (secondary N) is 1. The molecule has 1 N–H and O–H groups in total. The van der Waals surface area contributed by atoms with Crippen molar-refractivity contribution in [2.75, 3.05) is 18.4 Å². The fourth-order valence-corrected chi connectivity index (χ4v) is 3.29. The minimum Gasteiger partial charge on any atom is -0.371 e. The maximum atomic E-state index is 13.2. The molecule has 0 amide bonds. The van der Waals surface area contributed by atoms with Gasteiger partial charge in [0.05, 0.1) is 0 Å². The molecule has 0 aromatic heterocycles. The summed E-state index contributed by atoms with van der Waals surface area (Å²) in [5.74, 6) is 0.0685. The van der Waals surface area contributed by atoms with E-state index in [1.807, 2.05) is 60.7 Å². The van der Waals surface area contributed by atoms with Gasteiger partial charge in [0.15, 0.2) is 5.78 Å². The topological polar surface area (TPSA) is 32.3 Å². The summed E-state index contributed by atoms with van der Waals surface area (Å²) < 4.78 is 0. The second kappa shape index (κ2) is 9.86. The summed E-state index contributed by atoms with van der Waals surface area (Å²) in [4.78, 5) is 15.6. The SMILES string of the molecule is CCN(CC)Cc1ccc(N[C@@H](C(=O)c2ccccc2)c2ccccc2)cc1. The molecule has 3 heteroatoms. The van der Waals surface area contributed by atoms with Crippen molar-refractivity contribution in [1.29, 1.82) is 0 Å². The van der Waals surface area contributed by atoms with E-state index < -0.39 is 6.04 Å². The number of nitrogens with zero attached hydrogens (tertiary/aromatic N) is 1. The fraction of sp³-hybridized carbons (Fsp3) is 0.240. The quantitative estimate of drug-likeness (QED) is 0.499. The summed E-state index contributed by atoms with van der Waals surface area (Å²) in [5.41, 5.74) is 3.90. The van der Waals surface area contributed by atoms with Crippen LogP contribution in [0.1, 0.15) is 41.4 Å². The predicted molar refractivity (Wildman–Crippen MR) is 117 cm³/mol. The molecule has 0 aliphatic carbocycles. The lowest BCUT2D eigenvalue weighted by Gasteiger charge is -2.21. The average Bonchev–Trinajstić information content (AvgIpc) is 2.77. The standard InChI is InChI=1S/C25H28N2O/c1-3-27(4-2)19-20-15-17-23(18-16-20)26-24(21-11-7-5-8-12-21)25(28)22-13-9-6-10-14-22/h5-18,24,26H,3-4,19H2,1-2H3/t24-/m1/s1. The average molecular weight is 373 g/mol. The van der Waals surface area contributed by atoms with Gasteiger partial charge >= 0.3 is 0 Å². The van der Waals surface area contributed by atoms with Crippen molar-refractivity contribution in [1.82, 2.24) is 4.90 Å². The molecule has 3 rings (SSSR count). The molecule has 0 radical (unpaired) electrons. The minimum atomic E-state index is -0.419. The van der Waals surface area contributed by atoms with Gasteiger partial charge in [0.2, 0.25) is 0 Å². The molecule has 0 aliphatic heterocycles. The molecule has 0 aliphatic rings. The summed E-state index contributed by atoms with van der Waals surface area (Å²) in [6.45, 7) is 7.38. The first-order chi connectivity index (χ1) is 13.7. The number of carbonyl (C=O) groups excluding carboxylic acids is 1. The van der Waals surface area contributed by atoms with E-state index in [0.29, 0.717) is 5.56 Å². The Balaban J connectivity index is 1.81. The molecular weight excluding hydrogens is 344 g/mol. The van der Waals surface area contributed by atoms with Crippen LogP contribution in [0.15, 0.2) is 84.9 Å². The molecule has 0 heterocycles. The number of hydrogen-bond acceptors (Lipinski definition) is 3. The number of ketones is 1. The Morgan fingerprint density at radius 3 is 1.96 bits per heavy atom. The van der Waals surface area contributed by atoms with E-state index in [1.165, 1.54) is 5.56 Å². The smallest absolute Gasteiger partial charge is 0.189 e. The zero-order valence-corrected chi connectivity index (χ0v) is 16.6. The summed E-state index contributed by atoms with van der Waals surface area (Å²) in [5, 5.41) is 3.44. The zero-order chi connectivity index (χ0) is 19.8. The van der Waals surface area contributed by atoms with Gasteiger partial charge in [-0.2, -0.15) is 0 Å². The van der Waals surface area contributed by atoms with Crippen molar-refractivity contribution in [3.05, 3.63) is 102 Å². The van der Waals surface area contributed by atoms with E-state index in [2.05, 4.69) is 48.3 Å². The van der Waals surface area contributed by atoms with Crippen LogP contribution in [0.25, 0.3) is 0 Å². The molecule has 0 saturated carbocycles. The van der Waals surface area contributed by atoms with Gasteiger partial charge < -0.3 is 5.32 Å². The minimum absolute atomic E-state index is 0.0685. The molecule has 144 valence electrons. The maximum absolute atomic E-state index is 13.2. The largest absolute Gasteiger partial charge is 0.371 e. The lowest BCUT2D eigenvalue weighted by Crippen LogP contribution is -2.22. The van der Waals surface area contributed by atoms with Gasteiger partial charge in [-0.05, 0) is 36.3 Å². The van der Waals surface area contributed by atoms with E-state index in [-0.39, 0.29) is 5.78 Å². The van der Waals surface area contributed by atoms with E-state index in [1.54, 1.807) is 0 Å². The van der Waals surface area contributed by atoms with Crippen LogP contribution in [0.5, 0.6) is 0 Å². The number of anilines is 1. The third kappa shape index (κ3) is 5.08. The molecule has 1 atom stereocenters. The van der Waals surface area contributed by atoms with E-state index in [9.17, 15) is 4.79 Å². The third-order valence-corrected chi connectivity index (χ3v) is 5.02. The summed E-state index contributed by atoms with van der Waals surface area (Å²) in [7, 11) is 0. The molecular formula is C25H28N2O. The molecule has 0 spiro atoms. The highest BCUT2D eigenvalue weighted by molar-refractivity contribution is 6.02. The van der Waals surface area contributed by atoms with Crippen molar-refractivity contribution in [3.8, 4) is 0 Å². The number of hydrogen-bond donors (Lipinski definition) is 1. The van der Waals surface area contributed by atoms with E-state index >= 15 is 0 Å². The molecule has 0 bridgehead atoms. The lowest BCUT2D eigenvalue weighted by molar-refractivity contribution is 0.0969. The van der Waals surface area contributed by atoms with Crippen LogP contribution < -0.4 is 5.32 Å². The Morgan fingerprint density at radius 1 is 0.821 bits per heavy atom. The third-order valence-electron chi connectivity index (χ3n) is 5.02. The molecule has 28 heavy (non-hydrogen) atoms. The van der Waals surface area contributed by atoms with Crippen LogP contribution >= 0.6 is 0 Å².